The average molecular weight is 701 g/mol. The number of nitrogen functional groups attached to an aromatic ring is 2. The number of nitrogens with two attached hydrogens (primary N) is 2. The maximum Gasteiger partial charge on any atom is 1.00 e. The minimum Gasteiger partial charge on any atom is -1.00 e. The van der Waals surface area contributed by atoms with E-state index in [9.17, 15) is 25.9 Å². The van der Waals surface area contributed by atoms with Gasteiger partial charge in [-0.05, 0) is 47.5 Å². The van der Waals surface area contributed by atoms with Crippen molar-refractivity contribution in [1.82, 2.24) is 0 Å². The molecule has 234 valence electrons. The molecule has 0 unspecified atom stereocenters. The first kappa shape index (κ1) is 37.3. The molecule has 6 rings (SSSR count). The predicted octanol–water partition coefficient (Wildman–Crippen LogP) is 2.38. The second-order valence-corrected chi connectivity index (χ2v) is 12.9. The van der Waals surface area contributed by atoms with Crippen LogP contribution in [0.1, 0.15) is 2.85 Å². The summed E-state index contributed by atoms with van der Waals surface area (Å²) in [4.78, 5) is -0.624. The molecule has 0 aliphatic carbocycles. The third-order valence-corrected chi connectivity index (χ3v) is 9.01. The Kier molecular flexibility index (Phi) is 11.6. The van der Waals surface area contributed by atoms with Gasteiger partial charge < -0.3 is 14.3 Å². The number of hydrogen-bond acceptors (Lipinski definition) is 10. The Labute approximate surface area is 323 Å². The van der Waals surface area contributed by atoms with Gasteiger partial charge >= 0.3 is 59.1 Å². The molecule has 0 aliphatic rings. The van der Waals surface area contributed by atoms with E-state index in [1.807, 2.05) is 24.3 Å². The first-order valence-electron chi connectivity index (χ1n) is 13.5. The van der Waals surface area contributed by atoms with E-state index < -0.39 is 20.2 Å². The second-order valence-electron chi connectivity index (χ2n) is 10.2. The van der Waals surface area contributed by atoms with Crippen LogP contribution in [0.25, 0.3) is 32.7 Å². The van der Waals surface area contributed by atoms with E-state index >= 15 is 0 Å². The van der Waals surface area contributed by atoms with Gasteiger partial charge in [0.2, 0.25) is 0 Å². The van der Waals surface area contributed by atoms with Gasteiger partial charge in [0.25, 0.3) is 20.2 Å². The molecule has 0 aromatic heterocycles. The summed E-state index contributed by atoms with van der Waals surface area (Å²) in [5.41, 5.74) is 15.8. The Bertz CT molecular complexity index is 2280. The van der Waals surface area contributed by atoms with Crippen molar-refractivity contribution in [3.8, 4) is 11.1 Å². The van der Waals surface area contributed by atoms with Gasteiger partial charge in [-0.25, -0.2) is 0 Å². The summed E-state index contributed by atoms with van der Waals surface area (Å²) in [5, 5.41) is 18.1. The molecule has 6 aromatic rings. The van der Waals surface area contributed by atoms with E-state index in [4.69, 9.17) is 11.5 Å². The van der Waals surface area contributed by atoms with Gasteiger partial charge in [-0.3, -0.25) is 9.11 Å². The SMILES string of the molecule is Nc1c(N=Nc2ccc(-c3ccc(N=Nc4cc(S(=O)(=O)O)c5ccccc5c4N)cc3)cc2)cc(S(=O)(=O)O)c2ccccc12.[H-].[H-].[Na+].[Na+]. The molecule has 0 saturated heterocycles. The zero-order valence-corrected chi connectivity index (χ0v) is 31.3. The Hall–Kier alpha value is -3.54. The fraction of sp³-hybridized carbons (Fsp3) is 0. The third-order valence-electron chi connectivity index (χ3n) is 7.22. The second kappa shape index (κ2) is 14.9. The molecular weight excluding hydrogens is 675 g/mol. The molecule has 0 bridgehead atoms. The van der Waals surface area contributed by atoms with Crippen molar-refractivity contribution >= 4 is 75.9 Å². The third kappa shape index (κ3) is 7.84. The van der Waals surface area contributed by atoms with E-state index in [0.717, 1.165) is 11.1 Å². The molecule has 0 aliphatic heterocycles. The van der Waals surface area contributed by atoms with E-state index in [-0.39, 0.29) is 105 Å². The summed E-state index contributed by atoms with van der Waals surface area (Å²) in [6, 6.07) is 29.6. The molecule has 0 spiro atoms. The Morgan fingerprint density at radius 1 is 0.479 bits per heavy atom. The molecule has 48 heavy (non-hydrogen) atoms. The Morgan fingerprint density at radius 2 is 0.792 bits per heavy atom. The van der Waals surface area contributed by atoms with Crippen LogP contribution >= 0.6 is 0 Å². The number of benzene rings is 6. The molecule has 6 aromatic carbocycles. The monoisotopic (exact) mass is 700 g/mol. The molecule has 12 nitrogen and oxygen atoms in total. The number of fused-ring (bicyclic) bond motifs is 2. The number of azo groups is 2. The topological polar surface area (TPSA) is 210 Å². The summed E-state index contributed by atoms with van der Waals surface area (Å²) >= 11 is 0. The fourth-order valence-corrected chi connectivity index (χ4v) is 6.39. The summed E-state index contributed by atoms with van der Waals surface area (Å²) < 4.78 is 67.4. The van der Waals surface area contributed by atoms with Crippen LogP contribution in [0.3, 0.4) is 0 Å². The summed E-state index contributed by atoms with van der Waals surface area (Å²) in [6.07, 6.45) is 0. The summed E-state index contributed by atoms with van der Waals surface area (Å²) in [6.45, 7) is 0. The van der Waals surface area contributed by atoms with Gasteiger partial charge in [0, 0.05) is 21.5 Å². The standard InChI is InChI=1S/C32H24N6O6S2.2Na.2H/c33-31-25-7-3-1-5-23(25)29(45(39,40)41)17-27(31)37-35-21-13-9-19(10-14-21)20-11-15-22(16-12-20)36-38-28-18-30(46(42,43)44)24-6-2-4-8-26(24)32(28)34;;;;/h1-18H,33-34H2,(H,39,40,41)(H,42,43,44);;;;/q;2*+1;2*-1. The molecule has 0 radical (unpaired) electrons. The van der Waals surface area contributed by atoms with Crippen molar-refractivity contribution in [2.45, 2.75) is 9.79 Å². The number of nitrogens with zero attached hydrogens (tertiary/aromatic N) is 4. The van der Waals surface area contributed by atoms with Crippen molar-refractivity contribution in [3.63, 3.8) is 0 Å². The van der Waals surface area contributed by atoms with Crippen molar-refractivity contribution in [3.05, 3.63) is 109 Å². The zero-order chi connectivity index (χ0) is 32.6. The molecule has 0 fully saturated rings. The van der Waals surface area contributed by atoms with Crippen LogP contribution in [-0.4, -0.2) is 25.9 Å². The maximum atomic E-state index is 12.0. The average Bonchev–Trinajstić information content (AvgIpc) is 3.04. The van der Waals surface area contributed by atoms with E-state index in [1.165, 1.54) is 12.1 Å². The van der Waals surface area contributed by atoms with Crippen LogP contribution in [0.2, 0.25) is 0 Å². The van der Waals surface area contributed by atoms with E-state index in [1.54, 1.807) is 72.8 Å². The first-order valence-corrected chi connectivity index (χ1v) is 16.4. The van der Waals surface area contributed by atoms with Crippen molar-refractivity contribution in [1.29, 1.82) is 0 Å². The van der Waals surface area contributed by atoms with Crippen LogP contribution in [-0.2, 0) is 20.2 Å². The minimum atomic E-state index is -4.53. The van der Waals surface area contributed by atoms with Crippen LogP contribution < -0.4 is 70.6 Å². The van der Waals surface area contributed by atoms with Crippen LogP contribution in [0.15, 0.2) is 139 Å². The van der Waals surface area contributed by atoms with Crippen molar-refractivity contribution in [2.75, 3.05) is 11.5 Å². The van der Waals surface area contributed by atoms with Gasteiger partial charge in [-0.1, -0.05) is 72.8 Å². The van der Waals surface area contributed by atoms with Crippen molar-refractivity contribution in [2.24, 2.45) is 20.5 Å². The molecule has 0 heterocycles. The normalized spacial score (nSPS) is 12.0. The van der Waals surface area contributed by atoms with Crippen LogP contribution in [0.5, 0.6) is 0 Å². The number of hydrogen-bond donors (Lipinski definition) is 4. The van der Waals surface area contributed by atoms with Gasteiger partial charge in [-0.2, -0.15) is 27.1 Å². The smallest absolute Gasteiger partial charge is 1.00 e. The van der Waals surface area contributed by atoms with Gasteiger partial charge in [-0.15, -0.1) is 10.2 Å². The van der Waals surface area contributed by atoms with E-state index in [2.05, 4.69) is 20.5 Å². The van der Waals surface area contributed by atoms with Gasteiger partial charge in [0.15, 0.2) is 0 Å². The number of rotatable bonds is 7. The largest absolute Gasteiger partial charge is 1.00 e. The molecular formula is C32H26N6Na2O6S2. The van der Waals surface area contributed by atoms with E-state index in [0.29, 0.717) is 22.1 Å². The fourth-order valence-electron chi connectivity index (χ4n) is 4.96. The molecule has 0 amide bonds. The molecule has 0 atom stereocenters. The Balaban J connectivity index is 0.00000217. The molecule has 6 N–H and O–H groups in total. The van der Waals surface area contributed by atoms with Gasteiger partial charge in [0.05, 0.1) is 22.7 Å². The predicted molar refractivity (Wildman–Crippen MR) is 179 cm³/mol. The zero-order valence-electron chi connectivity index (χ0n) is 27.7. The number of anilines is 2. The van der Waals surface area contributed by atoms with Crippen LogP contribution in [0.4, 0.5) is 34.1 Å². The first-order chi connectivity index (χ1) is 21.9. The quantitative estimate of drug-likeness (QED) is 0.0839. The summed E-state index contributed by atoms with van der Waals surface area (Å²) in [7, 11) is -9.07. The maximum absolute atomic E-state index is 12.0. The van der Waals surface area contributed by atoms with Crippen LogP contribution in [0, 0.1) is 0 Å². The van der Waals surface area contributed by atoms with Gasteiger partial charge in [0.1, 0.15) is 21.2 Å². The van der Waals surface area contributed by atoms with Crippen molar-refractivity contribution < 1.29 is 87.9 Å². The Morgan fingerprint density at radius 3 is 1.10 bits per heavy atom. The molecule has 0 saturated carbocycles. The molecule has 16 heteroatoms. The summed E-state index contributed by atoms with van der Waals surface area (Å²) in [5.74, 6) is 0. The minimum absolute atomic E-state index is 0.